The highest BCUT2D eigenvalue weighted by Crippen LogP contribution is 2.27. The zero-order valence-electron chi connectivity index (χ0n) is 7.94. The van der Waals surface area contributed by atoms with Crippen molar-refractivity contribution >= 4 is 0 Å². The molecule has 0 fully saturated rings. The monoisotopic (exact) mass is 190 g/mol. The van der Waals surface area contributed by atoms with Crippen LogP contribution >= 0.6 is 0 Å². The molecule has 74 valence electrons. The molecule has 3 heteroatoms. The van der Waals surface area contributed by atoms with E-state index < -0.39 is 11.7 Å². The highest BCUT2D eigenvalue weighted by molar-refractivity contribution is 5.31. The summed E-state index contributed by atoms with van der Waals surface area (Å²) in [5, 5.41) is 0. The van der Waals surface area contributed by atoms with E-state index in [2.05, 4.69) is 0 Å². The van der Waals surface area contributed by atoms with Crippen molar-refractivity contribution in [1.82, 2.24) is 0 Å². The van der Waals surface area contributed by atoms with Crippen molar-refractivity contribution in [1.29, 1.82) is 0 Å². The highest BCUT2D eigenvalue weighted by atomic mass is 19.4. The van der Waals surface area contributed by atoms with E-state index in [0.717, 1.165) is 12.2 Å². The number of hydrogen-bond acceptors (Lipinski definition) is 0. The first-order valence-electron chi connectivity index (χ1n) is 3.96. The SMILES string of the molecule is C\C=C/C(=C\C(C)=C/C)C(F)(F)F. The topological polar surface area (TPSA) is 0 Å². The van der Waals surface area contributed by atoms with Gasteiger partial charge in [-0.3, -0.25) is 0 Å². The van der Waals surface area contributed by atoms with E-state index in [-0.39, 0.29) is 0 Å². The Morgan fingerprint density at radius 1 is 1.15 bits per heavy atom. The second kappa shape index (κ2) is 4.90. The lowest BCUT2D eigenvalue weighted by molar-refractivity contribution is -0.0882. The Hall–Kier alpha value is -0.990. The largest absolute Gasteiger partial charge is 0.416 e. The van der Waals surface area contributed by atoms with Crippen LogP contribution in [0, 0.1) is 0 Å². The first kappa shape index (κ1) is 12.0. The smallest absolute Gasteiger partial charge is 0.166 e. The number of hydrogen-bond donors (Lipinski definition) is 0. The van der Waals surface area contributed by atoms with Gasteiger partial charge in [-0.1, -0.05) is 23.8 Å². The molecule has 0 saturated heterocycles. The molecule has 0 aromatic heterocycles. The quantitative estimate of drug-likeness (QED) is 0.577. The normalized spacial score (nSPS) is 15.5. The van der Waals surface area contributed by atoms with Crippen LogP contribution in [0.25, 0.3) is 0 Å². The van der Waals surface area contributed by atoms with E-state index in [0.29, 0.717) is 5.57 Å². The first-order chi connectivity index (χ1) is 5.91. The van der Waals surface area contributed by atoms with Gasteiger partial charge in [-0.2, -0.15) is 13.2 Å². The molecule has 0 unspecified atom stereocenters. The van der Waals surface area contributed by atoms with E-state index in [1.165, 1.54) is 6.08 Å². The van der Waals surface area contributed by atoms with Crippen molar-refractivity contribution in [3.63, 3.8) is 0 Å². The predicted octanol–water partition coefficient (Wildman–Crippen LogP) is 4.02. The molecule has 0 saturated carbocycles. The number of halogens is 3. The highest BCUT2D eigenvalue weighted by Gasteiger charge is 2.31. The standard InChI is InChI=1S/C10H13F3/c1-4-6-9(10(11,12)13)7-8(3)5-2/h4-7H,1-3H3/b6-4-,8-5-,9-7+. The van der Waals surface area contributed by atoms with Gasteiger partial charge in [0.1, 0.15) is 0 Å². The molecule has 0 spiro atoms. The van der Waals surface area contributed by atoms with Gasteiger partial charge in [0.25, 0.3) is 0 Å². The van der Waals surface area contributed by atoms with Gasteiger partial charge in [-0.25, -0.2) is 0 Å². The Balaban J connectivity index is 4.93. The molecule has 0 rings (SSSR count). The molecule has 0 amide bonds. The fraction of sp³-hybridized carbons (Fsp3) is 0.400. The van der Waals surface area contributed by atoms with Gasteiger partial charge in [-0.05, 0) is 26.8 Å². The molecular weight excluding hydrogens is 177 g/mol. The zero-order valence-corrected chi connectivity index (χ0v) is 7.94. The average molecular weight is 190 g/mol. The second-order valence-electron chi connectivity index (χ2n) is 2.63. The minimum absolute atomic E-state index is 0.602. The summed E-state index contributed by atoms with van der Waals surface area (Å²) in [6, 6.07) is 0. The summed E-state index contributed by atoms with van der Waals surface area (Å²) in [6.45, 7) is 4.90. The molecule has 0 atom stereocenters. The predicted molar refractivity (Wildman–Crippen MR) is 48.4 cm³/mol. The Bertz CT molecular complexity index is 241. The van der Waals surface area contributed by atoms with Crippen LogP contribution in [0.3, 0.4) is 0 Å². The van der Waals surface area contributed by atoms with Gasteiger partial charge in [0.05, 0.1) is 5.57 Å². The number of allylic oxidation sites excluding steroid dienone is 6. The Kier molecular flexibility index (Phi) is 4.52. The first-order valence-corrected chi connectivity index (χ1v) is 3.96. The van der Waals surface area contributed by atoms with Crippen LogP contribution in [0.5, 0.6) is 0 Å². The van der Waals surface area contributed by atoms with Crippen LogP contribution in [0.15, 0.2) is 35.5 Å². The van der Waals surface area contributed by atoms with Gasteiger partial charge in [0, 0.05) is 0 Å². The van der Waals surface area contributed by atoms with E-state index in [1.807, 2.05) is 0 Å². The fourth-order valence-corrected chi connectivity index (χ4v) is 0.733. The summed E-state index contributed by atoms with van der Waals surface area (Å²) in [7, 11) is 0. The van der Waals surface area contributed by atoms with Crippen molar-refractivity contribution < 1.29 is 13.2 Å². The maximum Gasteiger partial charge on any atom is 0.416 e. The van der Waals surface area contributed by atoms with Gasteiger partial charge < -0.3 is 0 Å². The summed E-state index contributed by atoms with van der Waals surface area (Å²) in [6.07, 6.45) is 0.932. The number of alkyl halides is 3. The third-order valence-electron chi connectivity index (χ3n) is 1.51. The third kappa shape index (κ3) is 4.55. The van der Waals surface area contributed by atoms with Gasteiger partial charge in [0.2, 0.25) is 0 Å². The average Bonchev–Trinajstić information content (AvgIpc) is 2.01. The second-order valence-corrected chi connectivity index (χ2v) is 2.63. The van der Waals surface area contributed by atoms with E-state index >= 15 is 0 Å². The lowest BCUT2D eigenvalue weighted by Crippen LogP contribution is -2.09. The fourth-order valence-electron chi connectivity index (χ4n) is 0.733. The molecule has 13 heavy (non-hydrogen) atoms. The molecule has 0 aliphatic carbocycles. The lowest BCUT2D eigenvalue weighted by Gasteiger charge is -2.07. The van der Waals surface area contributed by atoms with Crippen LogP contribution in [0.2, 0.25) is 0 Å². The minimum atomic E-state index is -4.27. The molecule has 0 aromatic rings. The molecule has 0 aliphatic rings. The third-order valence-corrected chi connectivity index (χ3v) is 1.51. The maximum absolute atomic E-state index is 12.3. The molecule has 0 heterocycles. The van der Waals surface area contributed by atoms with E-state index in [1.54, 1.807) is 26.8 Å². The van der Waals surface area contributed by atoms with Crippen LogP contribution < -0.4 is 0 Å². The van der Waals surface area contributed by atoms with E-state index in [4.69, 9.17) is 0 Å². The molecular formula is C10H13F3. The minimum Gasteiger partial charge on any atom is -0.166 e. The van der Waals surface area contributed by atoms with Gasteiger partial charge in [0.15, 0.2) is 0 Å². The van der Waals surface area contributed by atoms with Gasteiger partial charge >= 0.3 is 6.18 Å². The van der Waals surface area contributed by atoms with Crippen molar-refractivity contribution in [3.8, 4) is 0 Å². The van der Waals surface area contributed by atoms with Crippen LogP contribution in [-0.4, -0.2) is 6.18 Å². The van der Waals surface area contributed by atoms with Crippen LogP contribution in [0.4, 0.5) is 13.2 Å². The summed E-state index contributed by atoms with van der Waals surface area (Å²) in [4.78, 5) is 0. The number of rotatable bonds is 2. The molecule has 0 nitrogen and oxygen atoms in total. The molecule has 0 N–H and O–H groups in total. The lowest BCUT2D eigenvalue weighted by atomic mass is 10.1. The Morgan fingerprint density at radius 3 is 2.00 bits per heavy atom. The van der Waals surface area contributed by atoms with Crippen LogP contribution in [0.1, 0.15) is 20.8 Å². The van der Waals surface area contributed by atoms with Crippen molar-refractivity contribution in [2.24, 2.45) is 0 Å². The summed E-state index contributed by atoms with van der Waals surface area (Å²) < 4.78 is 36.8. The van der Waals surface area contributed by atoms with Gasteiger partial charge in [-0.15, -0.1) is 0 Å². The Labute approximate surface area is 76.5 Å². The zero-order chi connectivity index (χ0) is 10.5. The molecule has 0 aromatic carbocycles. The summed E-state index contributed by atoms with van der Waals surface area (Å²) in [5.41, 5.74) is -0.0176. The van der Waals surface area contributed by atoms with E-state index in [9.17, 15) is 13.2 Å². The Morgan fingerprint density at radius 2 is 1.69 bits per heavy atom. The summed E-state index contributed by atoms with van der Waals surface area (Å²) >= 11 is 0. The van der Waals surface area contributed by atoms with Crippen LogP contribution in [-0.2, 0) is 0 Å². The summed E-state index contributed by atoms with van der Waals surface area (Å²) in [5.74, 6) is 0. The molecule has 0 bridgehead atoms. The maximum atomic E-state index is 12.3. The van der Waals surface area contributed by atoms with Crippen molar-refractivity contribution in [2.45, 2.75) is 26.9 Å². The molecule has 0 radical (unpaired) electrons. The molecule has 0 aliphatic heterocycles. The van der Waals surface area contributed by atoms with Crippen molar-refractivity contribution in [3.05, 3.63) is 35.5 Å². The van der Waals surface area contributed by atoms with Crippen molar-refractivity contribution in [2.75, 3.05) is 0 Å².